The molecule has 4 nitrogen and oxygen atoms in total. The maximum absolute atomic E-state index is 12.2. The summed E-state index contributed by atoms with van der Waals surface area (Å²) in [6.45, 7) is 5.81. The molecule has 1 heterocycles. The standard InChI is InChI=1S/C22H27ClN2O2/c1-17-3-2-13-25(15-17)14-12-22(26)24-20-8-10-21(11-9-20)27-16-18-4-6-19(23)7-5-18/h4-11,17H,2-3,12-16H2,1H3,(H,24,26). The van der Waals surface area contributed by atoms with Gasteiger partial charge >= 0.3 is 0 Å². The minimum Gasteiger partial charge on any atom is -0.489 e. The maximum atomic E-state index is 12.2. The molecule has 1 atom stereocenters. The Bertz CT molecular complexity index is 731. The van der Waals surface area contributed by atoms with Crippen molar-refractivity contribution in [2.24, 2.45) is 5.92 Å². The van der Waals surface area contributed by atoms with E-state index >= 15 is 0 Å². The van der Waals surface area contributed by atoms with E-state index in [9.17, 15) is 4.79 Å². The number of ether oxygens (including phenoxy) is 1. The summed E-state index contributed by atoms with van der Waals surface area (Å²) in [5, 5.41) is 3.68. The van der Waals surface area contributed by atoms with Crippen molar-refractivity contribution in [3.8, 4) is 5.75 Å². The number of piperidine rings is 1. The summed E-state index contributed by atoms with van der Waals surface area (Å²) in [5.41, 5.74) is 1.86. The summed E-state index contributed by atoms with van der Waals surface area (Å²) in [5.74, 6) is 1.57. The lowest BCUT2D eigenvalue weighted by atomic mass is 10.0. The zero-order valence-electron chi connectivity index (χ0n) is 15.8. The fourth-order valence-corrected chi connectivity index (χ4v) is 3.48. The fourth-order valence-electron chi connectivity index (χ4n) is 3.35. The molecule has 1 aliphatic rings. The van der Waals surface area contributed by atoms with E-state index in [0.717, 1.165) is 42.6 Å². The van der Waals surface area contributed by atoms with E-state index in [2.05, 4.69) is 17.1 Å². The van der Waals surface area contributed by atoms with Gasteiger partial charge in [-0.1, -0.05) is 30.7 Å². The molecule has 5 heteroatoms. The van der Waals surface area contributed by atoms with E-state index in [0.29, 0.717) is 18.1 Å². The van der Waals surface area contributed by atoms with Crippen LogP contribution >= 0.6 is 11.6 Å². The molecule has 1 aliphatic heterocycles. The predicted octanol–water partition coefficient (Wildman–Crippen LogP) is 4.98. The highest BCUT2D eigenvalue weighted by atomic mass is 35.5. The summed E-state index contributed by atoms with van der Waals surface area (Å²) in [6, 6.07) is 15.1. The molecular weight excluding hydrogens is 360 g/mol. The largest absolute Gasteiger partial charge is 0.489 e. The number of halogens is 1. The van der Waals surface area contributed by atoms with Crippen molar-refractivity contribution >= 4 is 23.2 Å². The minimum absolute atomic E-state index is 0.0584. The van der Waals surface area contributed by atoms with Crippen LogP contribution in [0.25, 0.3) is 0 Å². The van der Waals surface area contributed by atoms with Crippen LogP contribution in [-0.2, 0) is 11.4 Å². The van der Waals surface area contributed by atoms with Gasteiger partial charge in [0.05, 0.1) is 0 Å². The van der Waals surface area contributed by atoms with Crippen molar-refractivity contribution in [1.29, 1.82) is 0 Å². The Morgan fingerprint density at radius 2 is 1.93 bits per heavy atom. The first kappa shape index (κ1) is 19.7. The molecule has 0 bridgehead atoms. The Balaban J connectivity index is 1.41. The zero-order valence-corrected chi connectivity index (χ0v) is 16.5. The fraction of sp³-hybridized carbons (Fsp3) is 0.409. The number of rotatable bonds is 7. The van der Waals surface area contributed by atoms with E-state index in [1.807, 2.05) is 48.5 Å². The normalized spacial score (nSPS) is 17.5. The van der Waals surface area contributed by atoms with Crippen molar-refractivity contribution in [2.75, 3.05) is 25.0 Å². The predicted molar refractivity (Wildman–Crippen MR) is 110 cm³/mol. The molecule has 1 amide bonds. The lowest BCUT2D eigenvalue weighted by Crippen LogP contribution is -2.36. The Hall–Kier alpha value is -2.04. The molecule has 0 spiro atoms. The highest BCUT2D eigenvalue weighted by Gasteiger charge is 2.16. The first-order chi connectivity index (χ1) is 13.1. The molecule has 3 rings (SSSR count). The van der Waals surface area contributed by atoms with E-state index in [1.165, 1.54) is 12.8 Å². The summed E-state index contributed by atoms with van der Waals surface area (Å²) < 4.78 is 5.77. The van der Waals surface area contributed by atoms with Crippen molar-refractivity contribution in [3.63, 3.8) is 0 Å². The summed E-state index contributed by atoms with van der Waals surface area (Å²) in [6.07, 6.45) is 3.07. The molecule has 144 valence electrons. The van der Waals surface area contributed by atoms with Gasteiger partial charge in [-0.25, -0.2) is 0 Å². The van der Waals surface area contributed by atoms with Crippen LogP contribution in [0.5, 0.6) is 5.75 Å². The number of amides is 1. The number of carbonyl (C=O) groups is 1. The first-order valence-corrected chi connectivity index (χ1v) is 9.96. The van der Waals surface area contributed by atoms with Gasteiger partial charge in [0.25, 0.3) is 0 Å². The number of benzene rings is 2. The molecular formula is C22H27ClN2O2. The molecule has 0 aliphatic carbocycles. The van der Waals surface area contributed by atoms with Gasteiger partial charge in [0.1, 0.15) is 12.4 Å². The van der Waals surface area contributed by atoms with Gasteiger partial charge in [-0.15, -0.1) is 0 Å². The van der Waals surface area contributed by atoms with E-state index in [-0.39, 0.29) is 5.91 Å². The molecule has 2 aromatic carbocycles. The number of carbonyl (C=O) groups excluding carboxylic acids is 1. The second-order valence-electron chi connectivity index (χ2n) is 7.29. The third kappa shape index (κ3) is 6.56. The van der Waals surface area contributed by atoms with Gasteiger partial charge in [0.15, 0.2) is 0 Å². The summed E-state index contributed by atoms with van der Waals surface area (Å²) in [7, 11) is 0. The lowest BCUT2D eigenvalue weighted by Gasteiger charge is -2.30. The average Bonchev–Trinajstić information content (AvgIpc) is 2.67. The molecule has 0 aromatic heterocycles. The van der Waals surface area contributed by atoms with Gasteiger partial charge in [0, 0.05) is 30.2 Å². The number of likely N-dealkylation sites (tertiary alicyclic amines) is 1. The molecule has 0 saturated carbocycles. The third-order valence-corrected chi connectivity index (χ3v) is 5.11. The van der Waals surface area contributed by atoms with Crippen molar-refractivity contribution in [1.82, 2.24) is 4.90 Å². The van der Waals surface area contributed by atoms with Gasteiger partial charge in [-0.3, -0.25) is 4.79 Å². The van der Waals surface area contributed by atoms with Gasteiger partial charge < -0.3 is 15.0 Å². The monoisotopic (exact) mass is 386 g/mol. The quantitative estimate of drug-likeness (QED) is 0.729. The third-order valence-electron chi connectivity index (χ3n) is 4.85. The Kier molecular flexibility index (Phi) is 7.13. The Labute approximate surface area is 166 Å². The van der Waals surface area contributed by atoms with Gasteiger partial charge in [-0.05, 0) is 67.3 Å². The molecule has 0 radical (unpaired) electrons. The number of nitrogens with one attached hydrogen (secondary N) is 1. The van der Waals surface area contributed by atoms with Crippen LogP contribution in [0.3, 0.4) is 0 Å². The highest BCUT2D eigenvalue weighted by molar-refractivity contribution is 6.30. The second-order valence-corrected chi connectivity index (χ2v) is 7.72. The zero-order chi connectivity index (χ0) is 19.1. The Morgan fingerprint density at radius 1 is 1.19 bits per heavy atom. The van der Waals surface area contributed by atoms with Crippen LogP contribution in [-0.4, -0.2) is 30.4 Å². The molecule has 2 aromatic rings. The Morgan fingerprint density at radius 3 is 2.63 bits per heavy atom. The lowest BCUT2D eigenvalue weighted by molar-refractivity contribution is -0.116. The van der Waals surface area contributed by atoms with E-state index in [4.69, 9.17) is 16.3 Å². The summed E-state index contributed by atoms with van der Waals surface area (Å²) >= 11 is 5.88. The van der Waals surface area contributed by atoms with Crippen LogP contribution in [0.1, 0.15) is 31.7 Å². The van der Waals surface area contributed by atoms with E-state index < -0.39 is 0 Å². The maximum Gasteiger partial charge on any atom is 0.225 e. The molecule has 1 unspecified atom stereocenters. The minimum atomic E-state index is 0.0584. The molecule has 1 saturated heterocycles. The molecule has 27 heavy (non-hydrogen) atoms. The molecule has 1 fully saturated rings. The van der Waals surface area contributed by atoms with Crippen LogP contribution in [0.2, 0.25) is 5.02 Å². The SMILES string of the molecule is CC1CCCN(CCC(=O)Nc2ccc(OCc3ccc(Cl)cc3)cc2)C1. The molecule has 1 N–H and O–H groups in total. The smallest absolute Gasteiger partial charge is 0.225 e. The first-order valence-electron chi connectivity index (χ1n) is 9.58. The van der Waals surface area contributed by atoms with Gasteiger partial charge in [-0.2, -0.15) is 0 Å². The van der Waals surface area contributed by atoms with Crippen LogP contribution in [0.4, 0.5) is 5.69 Å². The number of nitrogens with zero attached hydrogens (tertiary/aromatic N) is 1. The van der Waals surface area contributed by atoms with Crippen LogP contribution in [0.15, 0.2) is 48.5 Å². The van der Waals surface area contributed by atoms with Crippen LogP contribution in [0, 0.1) is 5.92 Å². The number of hydrogen-bond donors (Lipinski definition) is 1. The number of anilines is 1. The van der Waals surface area contributed by atoms with Crippen molar-refractivity contribution in [3.05, 3.63) is 59.1 Å². The summed E-state index contributed by atoms with van der Waals surface area (Å²) in [4.78, 5) is 14.6. The number of hydrogen-bond acceptors (Lipinski definition) is 3. The average molecular weight is 387 g/mol. The second kappa shape index (κ2) is 9.77. The van der Waals surface area contributed by atoms with Crippen molar-refractivity contribution in [2.45, 2.75) is 32.8 Å². The van der Waals surface area contributed by atoms with Crippen molar-refractivity contribution < 1.29 is 9.53 Å². The topological polar surface area (TPSA) is 41.6 Å². The van der Waals surface area contributed by atoms with E-state index in [1.54, 1.807) is 0 Å². The highest BCUT2D eigenvalue weighted by Crippen LogP contribution is 2.19. The van der Waals surface area contributed by atoms with Gasteiger partial charge in [0.2, 0.25) is 5.91 Å². The van der Waals surface area contributed by atoms with Crippen LogP contribution < -0.4 is 10.1 Å².